The van der Waals surface area contributed by atoms with Crippen LogP contribution in [0.1, 0.15) is 43.3 Å². The highest BCUT2D eigenvalue weighted by molar-refractivity contribution is 5.79. The highest BCUT2D eigenvalue weighted by atomic mass is 16.5. The summed E-state index contributed by atoms with van der Waals surface area (Å²) in [5, 5.41) is 0. The molecule has 3 rings (SSSR count). The lowest BCUT2D eigenvalue weighted by Crippen LogP contribution is -2.22. The van der Waals surface area contributed by atoms with Gasteiger partial charge in [0.15, 0.2) is 11.5 Å². The van der Waals surface area contributed by atoms with Gasteiger partial charge in [-0.05, 0) is 38.6 Å². The van der Waals surface area contributed by atoms with Crippen LogP contribution in [0, 0.1) is 0 Å². The minimum atomic E-state index is 0.0858. The summed E-state index contributed by atoms with van der Waals surface area (Å²) < 4.78 is 11.3. The van der Waals surface area contributed by atoms with Crippen molar-refractivity contribution in [1.29, 1.82) is 0 Å². The van der Waals surface area contributed by atoms with Crippen molar-refractivity contribution in [2.75, 3.05) is 46.7 Å². The second kappa shape index (κ2) is 10.2. The average molecular weight is 442 g/mol. The fourth-order valence-electron chi connectivity index (χ4n) is 3.84. The summed E-state index contributed by atoms with van der Waals surface area (Å²) in [6, 6.07) is 8.02. The Balaban J connectivity index is 1.75. The highest BCUT2D eigenvalue weighted by Gasteiger charge is 2.29. The number of hydrogen-bond donors (Lipinski definition) is 0. The predicted molar refractivity (Wildman–Crippen MR) is 125 cm³/mol. The van der Waals surface area contributed by atoms with Crippen LogP contribution in [-0.4, -0.2) is 73.6 Å². The Morgan fingerprint density at radius 1 is 1.12 bits per heavy atom. The van der Waals surface area contributed by atoms with Crippen LogP contribution in [0.25, 0.3) is 0 Å². The fraction of sp³-hybridized carbons (Fsp3) is 0.542. The number of anilines is 1. The van der Waals surface area contributed by atoms with Gasteiger partial charge in [0.2, 0.25) is 5.91 Å². The van der Waals surface area contributed by atoms with Gasteiger partial charge in [-0.3, -0.25) is 9.69 Å². The van der Waals surface area contributed by atoms with Crippen molar-refractivity contribution in [1.82, 2.24) is 19.8 Å². The molecule has 1 aromatic heterocycles. The number of amides is 1. The zero-order valence-corrected chi connectivity index (χ0v) is 20.3. The van der Waals surface area contributed by atoms with Crippen LogP contribution in [0.5, 0.6) is 11.5 Å². The van der Waals surface area contributed by atoms with Crippen molar-refractivity contribution in [2.45, 2.75) is 45.4 Å². The third-order valence-electron chi connectivity index (χ3n) is 5.45. The van der Waals surface area contributed by atoms with Gasteiger partial charge in [0, 0.05) is 52.6 Å². The van der Waals surface area contributed by atoms with Crippen molar-refractivity contribution in [3.05, 3.63) is 41.3 Å². The van der Waals surface area contributed by atoms with Crippen molar-refractivity contribution >= 4 is 11.7 Å². The summed E-state index contributed by atoms with van der Waals surface area (Å²) in [5.41, 5.74) is 2.05. The number of ether oxygens (including phenoxy) is 2. The molecule has 1 aliphatic rings. The fourth-order valence-corrected chi connectivity index (χ4v) is 3.84. The maximum absolute atomic E-state index is 12.0. The molecule has 1 saturated heterocycles. The molecule has 174 valence electrons. The summed E-state index contributed by atoms with van der Waals surface area (Å²) in [6.07, 6.45) is 0.586. The first-order valence-corrected chi connectivity index (χ1v) is 11.0. The Kier molecular flexibility index (Phi) is 7.56. The SMILES string of the molecule is COc1cc(CN(C)Cc2nc(C3CC(=O)N(C)C3)cc(N(C)C)n2)ccc1OC(C)C. The molecule has 1 aliphatic heterocycles. The molecule has 1 fully saturated rings. The van der Waals surface area contributed by atoms with Crippen LogP contribution in [0.15, 0.2) is 24.3 Å². The van der Waals surface area contributed by atoms with Gasteiger partial charge in [-0.15, -0.1) is 0 Å². The summed E-state index contributed by atoms with van der Waals surface area (Å²) in [6.45, 7) is 6.00. The molecular formula is C24H35N5O3. The molecule has 8 nitrogen and oxygen atoms in total. The third kappa shape index (κ3) is 5.88. The molecule has 0 radical (unpaired) electrons. The third-order valence-corrected chi connectivity index (χ3v) is 5.45. The molecule has 1 unspecified atom stereocenters. The smallest absolute Gasteiger partial charge is 0.223 e. The Labute approximate surface area is 191 Å². The Bertz CT molecular complexity index is 947. The van der Waals surface area contributed by atoms with Crippen molar-refractivity contribution in [3.63, 3.8) is 0 Å². The van der Waals surface area contributed by atoms with E-state index in [0.29, 0.717) is 26.1 Å². The summed E-state index contributed by atoms with van der Waals surface area (Å²) in [4.78, 5) is 27.5. The van der Waals surface area contributed by atoms with Crippen LogP contribution in [0.3, 0.4) is 0 Å². The molecule has 2 heterocycles. The van der Waals surface area contributed by atoms with E-state index in [0.717, 1.165) is 34.4 Å². The maximum atomic E-state index is 12.0. The minimum absolute atomic E-state index is 0.0858. The summed E-state index contributed by atoms with van der Waals surface area (Å²) >= 11 is 0. The largest absolute Gasteiger partial charge is 0.493 e. The molecule has 0 bridgehead atoms. The van der Waals surface area contributed by atoms with Crippen LogP contribution in [-0.2, 0) is 17.9 Å². The summed E-state index contributed by atoms with van der Waals surface area (Å²) in [7, 11) is 9.49. The zero-order valence-electron chi connectivity index (χ0n) is 20.3. The Morgan fingerprint density at radius 2 is 1.88 bits per heavy atom. The normalized spacial score (nSPS) is 16.2. The number of benzene rings is 1. The Morgan fingerprint density at radius 3 is 2.47 bits per heavy atom. The first-order chi connectivity index (χ1) is 15.2. The van der Waals surface area contributed by atoms with E-state index in [4.69, 9.17) is 19.4 Å². The number of carbonyl (C=O) groups excluding carboxylic acids is 1. The number of likely N-dealkylation sites (tertiary alicyclic amines) is 1. The van der Waals surface area contributed by atoms with Gasteiger partial charge in [-0.25, -0.2) is 9.97 Å². The van der Waals surface area contributed by atoms with Crippen LogP contribution in [0.4, 0.5) is 5.82 Å². The van der Waals surface area contributed by atoms with Crippen molar-refractivity contribution in [2.24, 2.45) is 0 Å². The quantitative estimate of drug-likeness (QED) is 0.592. The number of carbonyl (C=O) groups is 1. The monoisotopic (exact) mass is 441 g/mol. The molecule has 1 aromatic carbocycles. The van der Waals surface area contributed by atoms with Crippen molar-refractivity contribution in [3.8, 4) is 11.5 Å². The number of rotatable bonds is 9. The molecule has 1 amide bonds. The van der Waals surface area contributed by atoms with Gasteiger partial charge < -0.3 is 19.3 Å². The molecule has 8 heteroatoms. The van der Waals surface area contributed by atoms with Crippen LogP contribution < -0.4 is 14.4 Å². The van der Waals surface area contributed by atoms with E-state index in [1.807, 2.05) is 65.1 Å². The molecule has 2 aromatic rings. The lowest BCUT2D eigenvalue weighted by molar-refractivity contribution is -0.126. The second-order valence-electron chi connectivity index (χ2n) is 8.96. The van der Waals surface area contributed by atoms with Gasteiger partial charge in [-0.2, -0.15) is 0 Å². The van der Waals surface area contributed by atoms with E-state index < -0.39 is 0 Å². The molecular weight excluding hydrogens is 406 g/mol. The predicted octanol–water partition coefficient (Wildman–Crippen LogP) is 2.92. The van der Waals surface area contributed by atoms with Gasteiger partial charge in [-0.1, -0.05) is 6.07 Å². The van der Waals surface area contributed by atoms with Gasteiger partial charge >= 0.3 is 0 Å². The number of aromatic nitrogens is 2. The van der Waals surface area contributed by atoms with Gasteiger partial charge in [0.1, 0.15) is 11.6 Å². The van der Waals surface area contributed by atoms with Crippen LogP contribution in [0.2, 0.25) is 0 Å². The number of methoxy groups -OCH3 is 1. The second-order valence-corrected chi connectivity index (χ2v) is 8.96. The minimum Gasteiger partial charge on any atom is -0.493 e. The average Bonchev–Trinajstić information content (AvgIpc) is 3.07. The first-order valence-electron chi connectivity index (χ1n) is 11.0. The standard InChI is InChI=1S/C24H35N5O3/c1-16(2)32-20-9-8-17(10-21(20)31-7)13-28(5)15-22-25-19(12-23(26-22)27(3)4)18-11-24(30)29(6)14-18/h8-10,12,16,18H,11,13-15H2,1-7H3. The summed E-state index contributed by atoms with van der Waals surface area (Å²) in [5.74, 6) is 3.36. The lowest BCUT2D eigenvalue weighted by Gasteiger charge is -2.20. The van der Waals surface area contributed by atoms with E-state index in [1.54, 1.807) is 12.0 Å². The topological polar surface area (TPSA) is 71.0 Å². The Hall–Kier alpha value is -2.87. The maximum Gasteiger partial charge on any atom is 0.223 e. The molecule has 0 aliphatic carbocycles. The molecule has 32 heavy (non-hydrogen) atoms. The van der Waals surface area contributed by atoms with E-state index in [-0.39, 0.29) is 17.9 Å². The number of likely N-dealkylation sites (N-methyl/N-ethyl adjacent to an activating group) is 1. The van der Waals surface area contributed by atoms with E-state index in [2.05, 4.69) is 11.0 Å². The van der Waals surface area contributed by atoms with E-state index in [9.17, 15) is 4.79 Å². The molecule has 0 saturated carbocycles. The highest BCUT2D eigenvalue weighted by Crippen LogP contribution is 2.30. The lowest BCUT2D eigenvalue weighted by atomic mass is 10.0. The van der Waals surface area contributed by atoms with Gasteiger partial charge in [0.05, 0.1) is 25.5 Å². The van der Waals surface area contributed by atoms with Crippen LogP contribution >= 0.6 is 0 Å². The van der Waals surface area contributed by atoms with E-state index >= 15 is 0 Å². The number of nitrogens with zero attached hydrogens (tertiary/aromatic N) is 5. The first kappa shape index (κ1) is 23.8. The zero-order chi connectivity index (χ0) is 23.4. The van der Waals surface area contributed by atoms with E-state index in [1.165, 1.54) is 0 Å². The number of hydrogen-bond acceptors (Lipinski definition) is 7. The molecule has 1 atom stereocenters. The van der Waals surface area contributed by atoms with Gasteiger partial charge in [0.25, 0.3) is 0 Å². The molecule has 0 N–H and O–H groups in total. The van der Waals surface area contributed by atoms with Crippen molar-refractivity contribution < 1.29 is 14.3 Å². The molecule has 0 spiro atoms.